The summed E-state index contributed by atoms with van der Waals surface area (Å²) >= 11 is 3.55. The zero-order valence-electron chi connectivity index (χ0n) is 11.5. The van der Waals surface area contributed by atoms with E-state index in [9.17, 15) is 0 Å². The second-order valence-electron chi connectivity index (χ2n) is 4.56. The van der Waals surface area contributed by atoms with Crippen molar-refractivity contribution in [2.75, 3.05) is 0 Å². The van der Waals surface area contributed by atoms with Crippen LogP contribution in [0.1, 0.15) is 10.7 Å². The molecule has 0 radical (unpaired) electrons. The summed E-state index contributed by atoms with van der Waals surface area (Å²) in [7, 11) is 0. The standard InChI is InChI=1S/C17H16N2S2/c18-11-15-17(13-7-3-1-4-8-13)21-16(19-15)12-20-14-9-5-2-6-10-14/h1-10H,11-12,18H2. The van der Waals surface area contributed by atoms with Crippen LogP contribution in [-0.2, 0) is 12.3 Å². The molecule has 3 rings (SSSR count). The highest BCUT2D eigenvalue weighted by Gasteiger charge is 2.11. The van der Waals surface area contributed by atoms with Crippen LogP contribution in [0.3, 0.4) is 0 Å². The Bertz CT molecular complexity index is 693. The summed E-state index contributed by atoms with van der Waals surface area (Å²) in [6.45, 7) is 0.483. The molecule has 0 atom stereocenters. The number of aromatic nitrogens is 1. The molecule has 0 spiro atoms. The maximum absolute atomic E-state index is 5.85. The van der Waals surface area contributed by atoms with Gasteiger partial charge in [0.05, 0.1) is 16.3 Å². The Morgan fingerprint density at radius 2 is 1.62 bits per heavy atom. The normalized spacial score (nSPS) is 10.7. The molecule has 0 fully saturated rings. The molecule has 1 heterocycles. The van der Waals surface area contributed by atoms with Gasteiger partial charge in [-0.15, -0.1) is 23.1 Å². The van der Waals surface area contributed by atoms with Gasteiger partial charge < -0.3 is 5.73 Å². The van der Waals surface area contributed by atoms with Crippen molar-refractivity contribution in [3.63, 3.8) is 0 Å². The molecule has 2 nitrogen and oxygen atoms in total. The monoisotopic (exact) mass is 312 g/mol. The number of hydrogen-bond acceptors (Lipinski definition) is 4. The molecule has 4 heteroatoms. The zero-order valence-corrected chi connectivity index (χ0v) is 13.2. The fourth-order valence-electron chi connectivity index (χ4n) is 2.08. The molecule has 0 aliphatic rings. The molecule has 2 aromatic carbocycles. The van der Waals surface area contributed by atoms with E-state index >= 15 is 0 Å². The average Bonchev–Trinajstić information content (AvgIpc) is 2.98. The number of rotatable bonds is 5. The smallest absolute Gasteiger partial charge is 0.104 e. The maximum Gasteiger partial charge on any atom is 0.104 e. The number of benzene rings is 2. The first-order valence-electron chi connectivity index (χ1n) is 6.78. The van der Waals surface area contributed by atoms with E-state index in [0.29, 0.717) is 6.54 Å². The third kappa shape index (κ3) is 3.53. The van der Waals surface area contributed by atoms with Crippen LogP contribution in [0.2, 0.25) is 0 Å². The van der Waals surface area contributed by atoms with Crippen LogP contribution < -0.4 is 5.73 Å². The number of thiazole rings is 1. The van der Waals surface area contributed by atoms with Crippen molar-refractivity contribution in [2.45, 2.75) is 17.2 Å². The molecule has 106 valence electrons. The molecule has 3 aromatic rings. The first kappa shape index (κ1) is 14.3. The Balaban J connectivity index is 1.80. The summed E-state index contributed by atoms with van der Waals surface area (Å²) in [5.74, 6) is 0.883. The van der Waals surface area contributed by atoms with Crippen molar-refractivity contribution in [3.05, 3.63) is 71.4 Å². The molecule has 1 aromatic heterocycles. The first-order chi connectivity index (χ1) is 10.4. The van der Waals surface area contributed by atoms with Gasteiger partial charge in [0.15, 0.2) is 0 Å². The van der Waals surface area contributed by atoms with Gasteiger partial charge in [0, 0.05) is 11.4 Å². The average molecular weight is 312 g/mol. The fraction of sp³-hybridized carbons (Fsp3) is 0.118. The highest BCUT2D eigenvalue weighted by molar-refractivity contribution is 7.98. The predicted octanol–water partition coefficient (Wildman–Crippen LogP) is 4.56. The minimum atomic E-state index is 0.483. The van der Waals surface area contributed by atoms with E-state index in [0.717, 1.165) is 16.5 Å². The van der Waals surface area contributed by atoms with Gasteiger partial charge in [-0.1, -0.05) is 48.5 Å². The van der Waals surface area contributed by atoms with Crippen molar-refractivity contribution < 1.29 is 0 Å². The summed E-state index contributed by atoms with van der Waals surface area (Å²) in [5.41, 5.74) is 8.04. The van der Waals surface area contributed by atoms with Gasteiger partial charge in [0.1, 0.15) is 5.01 Å². The van der Waals surface area contributed by atoms with Crippen molar-refractivity contribution >= 4 is 23.1 Å². The summed E-state index contributed by atoms with van der Waals surface area (Å²) in [6.07, 6.45) is 0. The van der Waals surface area contributed by atoms with Crippen LogP contribution in [0.4, 0.5) is 0 Å². The third-order valence-corrected chi connectivity index (χ3v) is 5.43. The van der Waals surface area contributed by atoms with Gasteiger partial charge >= 0.3 is 0 Å². The number of nitrogens with two attached hydrogens (primary N) is 1. The highest BCUT2D eigenvalue weighted by Crippen LogP contribution is 2.33. The van der Waals surface area contributed by atoms with Crippen LogP contribution in [0.25, 0.3) is 10.4 Å². The largest absolute Gasteiger partial charge is 0.325 e. The molecule has 0 amide bonds. The molecule has 0 saturated heterocycles. The summed E-state index contributed by atoms with van der Waals surface area (Å²) in [5, 5.41) is 1.13. The number of nitrogens with zero attached hydrogens (tertiary/aromatic N) is 1. The molecule has 0 saturated carbocycles. The van der Waals surface area contributed by atoms with E-state index in [-0.39, 0.29) is 0 Å². The van der Waals surface area contributed by atoms with Crippen LogP contribution in [0.5, 0.6) is 0 Å². The third-order valence-electron chi connectivity index (χ3n) is 3.08. The Labute approximate surface area is 133 Å². The zero-order chi connectivity index (χ0) is 14.5. The Morgan fingerprint density at radius 1 is 0.952 bits per heavy atom. The minimum absolute atomic E-state index is 0.483. The fourth-order valence-corrected chi connectivity index (χ4v) is 4.09. The molecule has 0 aliphatic heterocycles. The van der Waals surface area contributed by atoms with E-state index in [1.54, 1.807) is 11.3 Å². The van der Waals surface area contributed by atoms with Gasteiger partial charge in [-0.05, 0) is 17.7 Å². The van der Waals surface area contributed by atoms with Gasteiger partial charge in [-0.3, -0.25) is 0 Å². The van der Waals surface area contributed by atoms with Crippen LogP contribution in [-0.4, -0.2) is 4.98 Å². The molecule has 0 unspecified atom stereocenters. The Hall–Kier alpha value is -1.62. The van der Waals surface area contributed by atoms with Crippen molar-refractivity contribution in [1.29, 1.82) is 0 Å². The maximum atomic E-state index is 5.85. The lowest BCUT2D eigenvalue weighted by atomic mass is 10.1. The topological polar surface area (TPSA) is 38.9 Å². The lowest BCUT2D eigenvalue weighted by molar-refractivity contribution is 0.998. The van der Waals surface area contributed by atoms with Gasteiger partial charge in [0.2, 0.25) is 0 Å². The van der Waals surface area contributed by atoms with Gasteiger partial charge in [0.25, 0.3) is 0 Å². The number of hydrogen-bond donors (Lipinski definition) is 1. The predicted molar refractivity (Wildman–Crippen MR) is 91.4 cm³/mol. The quantitative estimate of drug-likeness (QED) is 0.702. The molecular formula is C17H16N2S2. The van der Waals surface area contributed by atoms with Crippen LogP contribution >= 0.6 is 23.1 Å². The second-order valence-corrected chi connectivity index (χ2v) is 6.69. The molecule has 0 bridgehead atoms. The summed E-state index contributed by atoms with van der Waals surface area (Å²) < 4.78 is 0. The van der Waals surface area contributed by atoms with E-state index in [2.05, 4.69) is 36.4 Å². The second kappa shape index (κ2) is 6.89. The van der Waals surface area contributed by atoms with Crippen LogP contribution in [0, 0.1) is 0 Å². The Kier molecular flexibility index (Phi) is 4.70. The van der Waals surface area contributed by atoms with Gasteiger partial charge in [-0.25, -0.2) is 4.98 Å². The van der Waals surface area contributed by atoms with E-state index < -0.39 is 0 Å². The van der Waals surface area contributed by atoms with E-state index in [4.69, 9.17) is 10.7 Å². The van der Waals surface area contributed by atoms with Gasteiger partial charge in [-0.2, -0.15) is 0 Å². The number of thioether (sulfide) groups is 1. The van der Waals surface area contributed by atoms with Crippen molar-refractivity contribution in [3.8, 4) is 10.4 Å². The van der Waals surface area contributed by atoms with E-state index in [1.165, 1.54) is 15.3 Å². The van der Waals surface area contributed by atoms with Crippen molar-refractivity contribution in [1.82, 2.24) is 4.98 Å². The van der Waals surface area contributed by atoms with E-state index in [1.807, 2.05) is 36.0 Å². The molecule has 2 N–H and O–H groups in total. The highest BCUT2D eigenvalue weighted by atomic mass is 32.2. The first-order valence-corrected chi connectivity index (χ1v) is 8.59. The van der Waals surface area contributed by atoms with Crippen molar-refractivity contribution in [2.24, 2.45) is 5.73 Å². The molecular weight excluding hydrogens is 296 g/mol. The summed E-state index contributed by atoms with van der Waals surface area (Å²) in [6, 6.07) is 20.8. The Morgan fingerprint density at radius 3 is 2.29 bits per heavy atom. The molecule has 0 aliphatic carbocycles. The SMILES string of the molecule is NCc1nc(CSc2ccccc2)sc1-c1ccccc1. The molecule has 21 heavy (non-hydrogen) atoms. The lowest BCUT2D eigenvalue weighted by Gasteiger charge is -1.98. The lowest BCUT2D eigenvalue weighted by Crippen LogP contribution is -1.98. The minimum Gasteiger partial charge on any atom is -0.325 e. The van der Waals surface area contributed by atoms with Crippen LogP contribution in [0.15, 0.2) is 65.6 Å². The summed E-state index contributed by atoms with van der Waals surface area (Å²) in [4.78, 5) is 7.16.